The van der Waals surface area contributed by atoms with Crippen LogP contribution in [0.5, 0.6) is 0 Å². The normalized spacial score (nSPS) is 26.8. The van der Waals surface area contributed by atoms with E-state index in [9.17, 15) is 22.4 Å². The van der Waals surface area contributed by atoms with Gasteiger partial charge in [0.05, 0.1) is 19.0 Å². The van der Waals surface area contributed by atoms with Crippen molar-refractivity contribution in [1.82, 2.24) is 14.9 Å². The Bertz CT molecular complexity index is 1490. The summed E-state index contributed by atoms with van der Waals surface area (Å²) in [7, 11) is -2.21. The molecule has 3 aliphatic rings. The summed E-state index contributed by atoms with van der Waals surface area (Å²) >= 11 is 0. The largest absolute Gasteiger partial charge is 0.453 e. The van der Waals surface area contributed by atoms with E-state index in [4.69, 9.17) is 9.47 Å². The number of nitrogens with one attached hydrogen (secondary N) is 3. The fraction of sp³-hybridized carbons (Fsp3) is 0.588. The second-order valence-electron chi connectivity index (χ2n) is 12.8. The van der Waals surface area contributed by atoms with Crippen LogP contribution in [0.4, 0.5) is 19.3 Å². The van der Waals surface area contributed by atoms with Gasteiger partial charge in [0.15, 0.2) is 0 Å². The number of piperazine rings is 1. The fourth-order valence-corrected chi connectivity index (χ4v) is 9.28. The number of nitrogens with zero attached hydrogens (tertiary/aromatic N) is 1. The molecule has 0 radical (unpaired) electrons. The lowest BCUT2D eigenvalue weighted by Gasteiger charge is -2.38. The van der Waals surface area contributed by atoms with Gasteiger partial charge in [0.1, 0.15) is 17.7 Å². The van der Waals surface area contributed by atoms with Crippen LogP contribution in [0.25, 0.3) is 0 Å². The van der Waals surface area contributed by atoms with Crippen LogP contribution in [0, 0.1) is 17.6 Å². The molecule has 47 heavy (non-hydrogen) atoms. The molecule has 3 fully saturated rings. The highest BCUT2D eigenvalue weighted by molar-refractivity contribution is 7.89. The Morgan fingerprint density at radius 3 is 2.51 bits per heavy atom. The maximum atomic E-state index is 15.4. The summed E-state index contributed by atoms with van der Waals surface area (Å²) in [5, 5.41) is 9.02. The van der Waals surface area contributed by atoms with Crippen LogP contribution < -0.4 is 16.0 Å². The van der Waals surface area contributed by atoms with Crippen molar-refractivity contribution in [2.75, 3.05) is 37.9 Å². The average Bonchev–Trinajstić information content (AvgIpc) is 3.17. The second-order valence-corrected chi connectivity index (χ2v) is 14.8. The number of carbonyl (C=O) groups excluding carboxylic acids is 2. The van der Waals surface area contributed by atoms with E-state index in [2.05, 4.69) is 16.0 Å². The summed E-state index contributed by atoms with van der Waals surface area (Å²) < 4.78 is 67.7. The first-order valence-corrected chi connectivity index (χ1v) is 18.2. The molecule has 2 aromatic carbocycles. The zero-order valence-corrected chi connectivity index (χ0v) is 27.9. The Labute approximate surface area is 276 Å². The molecule has 0 spiro atoms. The Hall–Kier alpha value is -3.13. The standard InChI is InChI=1S/C34H46F2N4O6S/c1-3-46-27-16-11-23(12-17-27)31(22-9-13-24(35)14-10-22)32(39-34(42)45-2)33(41)38-30-8-4-7-29(36)28(30)18-15-26-20-37-25-6-5-19-47(43,44)40(26)21-25/h4,7-10,13-14,23,25-27,31-32,37H,3,5-6,11-12,15-21H2,1-2H3,(H,38,41)(H,39,42). The van der Waals surface area contributed by atoms with E-state index in [-0.39, 0.29) is 47.5 Å². The minimum absolute atomic E-state index is 0.0461. The summed E-state index contributed by atoms with van der Waals surface area (Å²) in [6.07, 6.45) is 4.23. The number of methoxy groups -OCH3 is 1. The van der Waals surface area contributed by atoms with Crippen LogP contribution in [-0.4, -0.2) is 81.5 Å². The van der Waals surface area contributed by atoms with Crippen LogP contribution in [0.15, 0.2) is 42.5 Å². The monoisotopic (exact) mass is 676 g/mol. The lowest BCUT2D eigenvalue weighted by atomic mass is 9.72. The van der Waals surface area contributed by atoms with E-state index >= 15 is 4.39 Å². The molecule has 2 aromatic rings. The average molecular weight is 677 g/mol. The van der Waals surface area contributed by atoms with E-state index < -0.39 is 45.6 Å². The molecule has 5 atom stereocenters. The number of ether oxygens (including phenoxy) is 2. The SMILES string of the molecule is CCOC1CCC(C(c2ccc(F)cc2)C(NC(=O)OC)C(=O)Nc2cccc(F)c2CCC2CNC3CCCS(=O)(=O)N2C3)CC1. The number of alkyl carbamates (subject to hydrolysis) is 1. The Balaban J connectivity index is 1.40. The molecule has 3 N–H and O–H groups in total. The molecule has 2 aliphatic heterocycles. The van der Waals surface area contributed by atoms with Gasteiger partial charge in [-0.15, -0.1) is 0 Å². The smallest absolute Gasteiger partial charge is 0.407 e. The third-order valence-electron chi connectivity index (χ3n) is 9.85. The predicted molar refractivity (Wildman–Crippen MR) is 174 cm³/mol. The first-order valence-electron chi connectivity index (χ1n) is 16.6. The van der Waals surface area contributed by atoms with E-state index in [0.29, 0.717) is 38.1 Å². The van der Waals surface area contributed by atoms with Crippen LogP contribution in [-0.2, 0) is 30.7 Å². The Morgan fingerprint density at radius 2 is 1.81 bits per heavy atom. The third kappa shape index (κ3) is 8.67. The molecule has 13 heteroatoms. The summed E-state index contributed by atoms with van der Waals surface area (Å²) in [6, 6.07) is 8.96. The molecule has 1 saturated carbocycles. The molecule has 0 aromatic heterocycles. The van der Waals surface area contributed by atoms with E-state index in [1.54, 1.807) is 22.5 Å². The van der Waals surface area contributed by atoms with Crippen molar-refractivity contribution < 1.29 is 36.3 Å². The van der Waals surface area contributed by atoms with Crippen LogP contribution in [0.2, 0.25) is 0 Å². The molecule has 2 saturated heterocycles. The molecule has 258 valence electrons. The van der Waals surface area contributed by atoms with Crippen molar-refractivity contribution in [3.8, 4) is 0 Å². The first-order chi connectivity index (χ1) is 22.6. The minimum atomic E-state index is -3.42. The van der Waals surface area contributed by atoms with Crippen LogP contribution in [0.3, 0.4) is 0 Å². The minimum Gasteiger partial charge on any atom is -0.453 e. The van der Waals surface area contributed by atoms with E-state index in [1.165, 1.54) is 31.4 Å². The highest BCUT2D eigenvalue weighted by Gasteiger charge is 2.40. The molecule has 2 heterocycles. The summed E-state index contributed by atoms with van der Waals surface area (Å²) in [6.45, 7) is 3.42. The van der Waals surface area contributed by atoms with Crippen molar-refractivity contribution in [2.45, 2.75) is 88.4 Å². The zero-order valence-electron chi connectivity index (χ0n) is 27.1. The first kappa shape index (κ1) is 35.2. The number of carbonyl (C=O) groups is 2. The molecule has 5 rings (SSSR count). The topological polar surface area (TPSA) is 126 Å². The number of hydrogen-bond acceptors (Lipinski definition) is 7. The number of fused-ring (bicyclic) bond motifs is 2. The highest BCUT2D eigenvalue weighted by atomic mass is 32.2. The van der Waals surface area contributed by atoms with Gasteiger partial charge < -0.3 is 25.4 Å². The lowest BCUT2D eigenvalue weighted by Crippen LogP contribution is -2.57. The lowest BCUT2D eigenvalue weighted by molar-refractivity contribution is -0.119. The number of anilines is 1. The Kier molecular flexibility index (Phi) is 11.9. The highest BCUT2D eigenvalue weighted by Crippen LogP contribution is 2.40. The van der Waals surface area contributed by atoms with Crippen molar-refractivity contribution >= 4 is 27.7 Å². The number of rotatable bonds is 11. The summed E-state index contributed by atoms with van der Waals surface area (Å²) in [5.41, 5.74) is 1.18. The van der Waals surface area contributed by atoms with Crippen molar-refractivity contribution in [1.29, 1.82) is 0 Å². The Morgan fingerprint density at radius 1 is 1.06 bits per heavy atom. The van der Waals surface area contributed by atoms with Gasteiger partial charge >= 0.3 is 6.09 Å². The van der Waals surface area contributed by atoms with Crippen molar-refractivity contribution in [2.24, 2.45) is 5.92 Å². The molecule has 10 nitrogen and oxygen atoms in total. The van der Waals surface area contributed by atoms with Gasteiger partial charge in [0.2, 0.25) is 15.9 Å². The van der Waals surface area contributed by atoms with Gasteiger partial charge in [-0.2, -0.15) is 4.31 Å². The summed E-state index contributed by atoms with van der Waals surface area (Å²) in [5.74, 6) is -2.00. The van der Waals surface area contributed by atoms with Crippen LogP contribution >= 0.6 is 0 Å². The van der Waals surface area contributed by atoms with Crippen LogP contribution in [0.1, 0.15) is 68.9 Å². The zero-order chi connectivity index (χ0) is 33.6. The number of halogens is 2. The second kappa shape index (κ2) is 15.8. The molecule has 2 bridgehead atoms. The fourth-order valence-electron chi connectivity index (χ4n) is 7.47. The third-order valence-corrected chi connectivity index (χ3v) is 11.8. The predicted octanol–water partition coefficient (Wildman–Crippen LogP) is 4.71. The maximum Gasteiger partial charge on any atom is 0.407 e. The van der Waals surface area contributed by atoms with Gasteiger partial charge in [-0.1, -0.05) is 18.2 Å². The van der Waals surface area contributed by atoms with Gasteiger partial charge in [-0.05, 0) is 94.0 Å². The maximum absolute atomic E-state index is 15.4. The molecule has 2 amide bonds. The van der Waals surface area contributed by atoms with E-state index in [0.717, 1.165) is 32.1 Å². The number of amides is 2. The van der Waals surface area contributed by atoms with Crippen molar-refractivity contribution in [3.05, 3.63) is 65.2 Å². The number of benzene rings is 2. The molecule has 5 unspecified atom stereocenters. The number of hydrogen-bond donors (Lipinski definition) is 3. The van der Waals surface area contributed by atoms with Gasteiger partial charge in [-0.3, -0.25) is 4.79 Å². The molecule has 1 aliphatic carbocycles. The molecular weight excluding hydrogens is 630 g/mol. The van der Waals surface area contributed by atoms with Gasteiger partial charge in [0, 0.05) is 48.9 Å². The van der Waals surface area contributed by atoms with Crippen molar-refractivity contribution in [3.63, 3.8) is 0 Å². The summed E-state index contributed by atoms with van der Waals surface area (Å²) in [4.78, 5) is 26.8. The van der Waals surface area contributed by atoms with E-state index in [1.807, 2.05) is 6.92 Å². The van der Waals surface area contributed by atoms with Gasteiger partial charge in [-0.25, -0.2) is 22.0 Å². The molecular formula is C34H46F2N4O6S. The number of sulfonamides is 1. The quantitative estimate of drug-likeness (QED) is 0.315. The van der Waals surface area contributed by atoms with Gasteiger partial charge in [0.25, 0.3) is 0 Å².